The first-order chi connectivity index (χ1) is 32.4. The summed E-state index contributed by atoms with van der Waals surface area (Å²) in [6.45, 7) is 48.7. The van der Waals surface area contributed by atoms with Gasteiger partial charge in [-0.1, -0.05) is 157 Å². The van der Waals surface area contributed by atoms with E-state index in [0.29, 0.717) is 0 Å². The third-order valence-corrected chi connectivity index (χ3v) is 5.94. The first-order valence-corrected chi connectivity index (χ1v) is 22.1. The Hall–Kier alpha value is -5.09. The van der Waals surface area contributed by atoms with Crippen LogP contribution in [0.15, 0.2) is 60.7 Å². The lowest BCUT2D eigenvalue weighted by Crippen LogP contribution is -2.33. The quantitative estimate of drug-likeness (QED) is 0.137. The van der Waals surface area contributed by atoms with Crippen molar-refractivity contribution < 1.29 is 51.1 Å². The highest BCUT2D eigenvalue weighted by Gasteiger charge is 2.11. The number of carbonyl (C=O) groups excluding carboxylic acids is 9. The van der Waals surface area contributed by atoms with Crippen LogP contribution >= 0.6 is 0 Å². The number of piperidine rings is 1. The van der Waals surface area contributed by atoms with Crippen LogP contribution in [0.5, 0.6) is 0 Å². The van der Waals surface area contributed by atoms with Gasteiger partial charge < -0.3 is 95.9 Å². The molecular weight excluding hydrogens is 911 g/mol. The standard InChI is InChI=1S/2C8H10.C7H13NO.2C5H12.C3H8O.2C2H6.4CH5N.8CH2O.4H3N.2H2/c2*1-2-8-6-4-3-5-7-8;1-7(9)8-5-3-2-4-6-8;2*1-4-5(2)3;1-3(2)4;14*1-2;;;;;;/h2*3-7H,2H2,1H3;2-6H2,1H3;2*5H,4H2,1-3H3;3-4H,1-2H3;2*1-2H3;4*2H2,1H3;8*1H2;4*1H3;2*1H. The number of hydrogen-bond donors (Lipinski definition) is 9. The fourth-order valence-corrected chi connectivity index (χ4v) is 2.64. The first-order valence-electron chi connectivity index (χ1n) is 22.1. The van der Waals surface area contributed by atoms with E-state index in [2.05, 4.69) is 127 Å². The number of aliphatic hydroxyl groups excluding tert-OH is 1. The van der Waals surface area contributed by atoms with E-state index in [0.717, 1.165) is 37.8 Å². The number of nitrogens with zero attached hydrogens (tertiary/aromatic N) is 1. The van der Waals surface area contributed by atoms with Crippen molar-refractivity contribution in [2.45, 2.75) is 155 Å². The van der Waals surface area contributed by atoms with E-state index in [1.54, 1.807) is 20.8 Å². The molecule has 0 radical (unpaired) electrons. The Morgan fingerprint density at radius 3 is 0.704 bits per heavy atom. The Morgan fingerprint density at radius 2 is 0.620 bits per heavy atom. The van der Waals surface area contributed by atoms with E-state index < -0.39 is 0 Å². The van der Waals surface area contributed by atoms with Gasteiger partial charge in [0.1, 0.15) is 54.3 Å². The van der Waals surface area contributed by atoms with Gasteiger partial charge in [0, 0.05) is 29.0 Å². The third kappa shape index (κ3) is 269. The highest BCUT2D eigenvalue weighted by Crippen LogP contribution is 2.07. The number of amides is 1. The molecule has 0 aliphatic carbocycles. The normalized spacial score (nSPS) is 7.39. The van der Waals surface area contributed by atoms with E-state index in [9.17, 15) is 4.79 Å². The summed E-state index contributed by atoms with van der Waals surface area (Å²) in [5.41, 5.74) is 20.8. The lowest BCUT2D eigenvalue weighted by molar-refractivity contribution is -0.129. The van der Waals surface area contributed by atoms with Gasteiger partial charge in [-0.15, -0.1) is 0 Å². The minimum Gasteiger partial charge on any atom is -0.394 e. The Labute approximate surface area is 442 Å². The average Bonchev–Trinajstić information content (AvgIpc) is 3.45. The molecule has 0 unspecified atom stereocenters. The largest absolute Gasteiger partial charge is 0.394 e. The van der Waals surface area contributed by atoms with Crippen LogP contribution in [0.1, 0.15) is 150 Å². The minimum atomic E-state index is -0.167. The van der Waals surface area contributed by atoms with E-state index >= 15 is 0 Å². The molecule has 71 heavy (non-hydrogen) atoms. The van der Waals surface area contributed by atoms with Crippen LogP contribution in [0.4, 0.5) is 0 Å². The molecule has 0 atom stereocenters. The molecule has 1 aliphatic heterocycles. The fourth-order valence-electron chi connectivity index (χ4n) is 2.64. The highest BCUT2D eigenvalue weighted by atomic mass is 16.3. The SMILES string of the molecule is C=O.C=O.C=O.C=O.C=O.C=O.C=O.C=O.CC.CC.CC(=O)N1CCCCC1.CC(C)O.CCC(C)C.CCC(C)C.CCc1ccccc1.CCc1ccccc1.CN.CN.CN.CN.N.N.N.N.[HH].[HH]. The summed E-state index contributed by atoms with van der Waals surface area (Å²) >= 11 is 0. The summed E-state index contributed by atoms with van der Waals surface area (Å²) in [5.74, 6) is 2.00. The molecule has 0 bridgehead atoms. The summed E-state index contributed by atoms with van der Waals surface area (Å²) in [6.07, 6.45) is 8.41. The molecule has 1 amide bonds. The van der Waals surface area contributed by atoms with E-state index in [1.807, 2.05) is 99.0 Å². The lowest BCUT2D eigenvalue weighted by Gasteiger charge is -2.24. The molecule has 1 aliphatic rings. The second kappa shape index (κ2) is 218. The summed E-state index contributed by atoms with van der Waals surface area (Å²) in [4.78, 5) is 76.6. The van der Waals surface area contributed by atoms with Gasteiger partial charge in [0.15, 0.2) is 0 Å². The maximum absolute atomic E-state index is 10.7. The van der Waals surface area contributed by atoms with Crippen molar-refractivity contribution >= 4 is 60.2 Å². The molecule has 0 saturated carbocycles. The van der Waals surface area contributed by atoms with Gasteiger partial charge in [0.05, 0.1) is 0 Å². The van der Waals surface area contributed by atoms with Crippen LogP contribution in [-0.4, -0.2) is 118 Å². The molecule has 442 valence electrons. The number of aliphatic hydroxyl groups is 1. The Balaban J connectivity index is -0.0000000177. The molecule has 1 fully saturated rings. The maximum atomic E-state index is 10.7. The third-order valence-electron chi connectivity index (χ3n) is 5.94. The number of hydrogen-bond acceptors (Lipinski definition) is 18. The van der Waals surface area contributed by atoms with Crippen molar-refractivity contribution in [2.24, 2.45) is 34.8 Å². The summed E-state index contributed by atoms with van der Waals surface area (Å²) in [7, 11) is 6.00. The molecule has 0 spiro atoms. The number of rotatable bonds is 4. The maximum Gasteiger partial charge on any atom is 0.219 e. The van der Waals surface area contributed by atoms with E-state index in [-0.39, 0.29) is 39.5 Å². The van der Waals surface area contributed by atoms with Crippen molar-refractivity contribution in [3.05, 3.63) is 71.8 Å². The van der Waals surface area contributed by atoms with Crippen molar-refractivity contribution in [1.29, 1.82) is 0 Å². The number of aryl methyl sites for hydroxylation is 2. The van der Waals surface area contributed by atoms with E-state index in [4.69, 9.17) is 43.5 Å². The van der Waals surface area contributed by atoms with Crippen LogP contribution in [-0.2, 0) is 56.0 Å². The van der Waals surface area contributed by atoms with Gasteiger partial charge in [-0.2, -0.15) is 0 Å². The second-order valence-corrected chi connectivity index (χ2v) is 10.9. The molecule has 0 aromatic heterocycles. The molecular formula is C52H129N9O10. The van der Waals surface area contributed by atoms with Crippen LogP contribution in [0.25, 0.3) is 0 Å². The number of likely N-dealkylation sites (tertiary alicyclic amines) is 1. The zero-order valence-electron chi connectivity index (χ0n) is 49.7. The van der Waals surface area contributed by atoms with Gasteiger partial charge in [-0.3, -0.25) is 4.79 Å². The van der Waals surface area contributed by atoms with Gasteiger partial charge >= 0.3 is 0 Å². The molecule has 2 aromatic carbocycles. The van der Waals surface area contributed by atoms with Crippen LogP contribution in [0, 0.1) is 11.8 Å². The predicted molar refractivity (Wildman–Crippen MR) is 320 cm³/mol. The number of nitrogens with two attached hydrogens (primary N) is 4. The minimum absolute atomic E-state index is 0. The van der Waals surface area contributed by atoms with Gasteiger partial charge in [0.25, 0.3) is 0 Å². The molecule has 2 aromatic rings. The highest BCUT2D eigenvalue weighted by molar-refractivity contribution is 5.73. The van der Waals surface area contributed by atoms with Crippen LogP contribution in [0.3, 0.4) is 0 Å². The smallest absolute Gasteiger partial charge is 0.219 e. The summed E-state index contributed by atoms with van der Waals surface area (Å²) in [6, 6.07) is 20.9. The van der Waals surface area contributed by atoms with Crippen LogP contribution < -0.4 is 47.5 Å². The summed E-state index contributed by atoms with van der Waals surface area (Å²) in [5, 5.41) is 8.06. The number of benzene rings is 2. The molecule has 19 heteroatoms. The van der Waals surface area contributed by atoms with Gasteiger partial charge in [0.2, 0.25) is 5.91 Å². The molecule has 21 N–H and O–H groups in total. The Kier molecular flexibility index (Phi) is 422. The van der Waals surface area contributed by atoms with Gasteiger partial charge in [-0.05, 0) is 97.1 Å². The zero-order valence-corrected chi connectivity index (χ0v) is 49.7. The molecule has 1 heterocycles. The monoisotopic (exact) mass is 1040 g/mol. The fraction of sp³-hybridized carbons (Fsp3) is 0.596. The second-order valence-electron chi connectivity index (χ2n) is 10.9. The zero-order chi connectivity index (χ0) is 58.5. The number of carbonyl (C=O) groups is 9. The average molecular weight is 1040 g/mol. The van der Waals surface area contributed by atoms with Crippen molar-refractivity contribution in [3.63, 3.8) is 0 Å². The van der Waals surface area contributed by atoms with Gasteiger partial charge in [-0.25, -0.2) is 0 Å². The van der Waals surface area contributed by atoms with Crippen molar-refractivity contribution in [3.8, 4) is 0 Å². The van der Waals surface area contributed by atoms with E-state index in [1.165, 1.54) is 71.4 Å². The lowest BCUT2D eigenvalue weighted by atomic mass is 10.1. The molecule has 19 nitrogen and oxygen atoms in total. The van der Waals surface area contributed by atoms with Crippen molar-refractivity contribution in [2.75, 3.05) is 41.3 Å². The Morgan fingerprint density at radius 1 is 0.465 bits per heavy atom. The Bertz CT molecular complexity index is 840. The first kappa shape index (κ1) is 138. The van der Waals surface area contributed by atoms with Crippen molar-refractivity contribution in [1.82, 2.24) is 29.5 Å². The summed E-state index contributed by atoms with van der Waals surface area (Å²) < 4.78 is 0. The molecule has 1 saturated heterocycles. The van der Waals surface area contributed by atoms with Crippen LogP contribution in [0.2, 0.25) is 0 Å². The predicted octanol–water partition coefficient (Wildman–Crippen LogP) is 10.0. The molecule has 3 rings (SSSR count). The topological polar surface area (TPSA) is 421 Å².